The lowest BCUT2D eigenvalue weighted by atomic mass is 9.73. The molecular formula is C34H28N2O. The van der Waals surface area contributed by atoms with Gasteiger partial charge >= 0.3 is 0 Å². The van der Waals surface area contributed by atoms with Crippen molar-refractivity contribution in [3.8, 4) is 11.5 Å². The van der Waals surface area contributed by atoms with Gasteiger partial charge in [0.2, 0.25) is 0 Å². The number of benzene rings is 5. The number of hydrogen-bond donors (Lipinski definition) is 0. The van der Waals surface area contributed by atoms with E-state index >= 15 is 0 Å². The maximum atomic E-state index is 6.71. The molecule has 0 unspecified atom stereocenters. The van der Waals surface area contributed by atoms with E-state index in [1.807, 2.05) is 0 Å². The van der Waals surface area contributed by atoms with Crippen molar-refractivity contribution in [3.05, 3.63) is 132 Å². The number of fused-ring (bicyclic) bond motifs is 4. The Morgan fingerprint density at radius 1 is 0.595 bits per heavy atom. The summed E-state index contributed by atoms with van der Waals surface area (Å²) in [7, 11) is 0. The molecule has 0 aromatic heterocycles. The van der Waals surface area contributed by atoms with Crippen LogP contribution >= 0.6 is 0 Å². The van der Waals surface area contributed by atoms with Gasteiger partial charge in [-0.1, -0.05) is 80.6 Å². The molecule has 5 aromatic carbocycles. The van der Waals surface area contributed by atoms with E-state index in [0.717, 1.165) is 39.9 Å². The minimum atomic E-state index is -0.213. The maximum Gasteiger partial charge on any atom is 0.153 e. The normalized spacial score (nSPS) is 14.2. The molecule has 2 heterocycles. The fourth-order valence-corrected chi connectivity index (χ4v) is 5.92. The Kier molecular flexibility index (Phi) is 4.71. The number of hydrogen-bond acceptors (Lipinski definition) is 3. The first-order chi connectivity index (χ1) is 18.0. The summed E-state index contributed by atoms with van der Waals surface area (Å²) < 4.78 is 6.71. The van der Waals surface area contributed by atoms with E-state index in [1.165, 1.54) is 22.4 Å². The first-order valence-electron chi connectivity index (χ1n) is 12.8. The smallest absolute Gasteiger partial charge is 0.153 e. The van der Waals surface area contributed by atoms with Crippen molar-refractivity contribution in [2.75, 3.05) is 9.80 Å². The van der Waals surface area contributed by atoms with Crippen LogP contribution in [0.3, 0.4) is 0 Å². The van der Waals surface area contributed by atoms with Crippen LogP contribution in [-0.2, 0) is 5.41 Å². The highest BCUT2D eigenvalue weighted by molar-refractivity contribution is 5.96. The van der Waals surface area contributed by atoms with E-state index < -0.39 is 0 Å². The molecule has 0 saturated heterocycles. The van der Waals surface area contributed by atoms with Gasteiger partial charge < -0.3 is 14.5 Å². The fraction of sp³-hybridized carbons (Fsp3) is 0.118. The van der Waals surface area contributed by atoms with Crippen molar-refractivity contribution >= 4 is 34.1 Å². The molecule has 2 aliphatic rings. The summed E-state index contributed by atoms with van der Waals surface area (Å²) in [5.41, 5.74) is 10.3. The Morgan fingerprint density at radius 3 is 1.95 bits per heavy atom. The Morgan fingerprint density at radius 2 is 1.24 bits per heavy atom. The molecule has 0 saturated carbocycles. The highest BCUT2D eigenvalue weighted by atomic mass is 16.5. The largest absolute Gasteiger partial charge is 0.453 e. The van der Waals surface area contributed by atoms with Crippen molar-refractivity contribution in [1.29, 1.82) is 0 Å². The molecule has 5 aromatic rings. The number of para-hydroxylation sites is 4. The summed E-state index contributed by atoms with van der Waals surface area (Å²) in [6.07, 6.45) is 0. The van der Waals surface area contributed by atoms with Crippen LogP contribution in [0.25, 0.3) is 0 Å². The molecule has 3 nitrogen and oxygen atoms in total. The second-order valence-electron chi connectivity index (χ2n) is 10.3. The number of rotatable bonds is 3. The second-order valence-corrected chi connectivity index (χ2v) is 10.3. The van der Waals surface area contributed by atoms with Crippen LogP contribution in [0.2, 0.25) is 0 Å². The van der Waals surface area contributed by atoms with Crippen molar-refractivity contribution < 1.29 is 4.74 Å². The lowest BCUT2D eigenvalue weighted by Crippen LogP contribution is -2.33. The quantitative estimate of drug-likeness (QED) is 0.251. The minimum absolute atomic E-state index is 0.213. The molecule has 0 aliphatic carbocycles. The summed E-state index contributed by atoms with van der Waals surface area (Å²) in [5.74, 6) is 1.76. The van der Waals surface area contributed by atoms with Crippen LogP contribution in [0.5, 0.6) is 11.5 Å². The number of nitrogens with zero attached hydrogens (tertiary/aromatic N) is 2. The van der Waals surface area contributed by atoms with Gasteiger partial charge in [0.15, 0.2) is 11.5 Å². The Hall–Kier alpha value is -4.50. The van der Waals surface area contributed by atoms with E-state index in [4.69, 9.17) is 4.74 Å². The van der Waals surface area contributed by atoms with Crippen molar-refractivity contribution in [2.24, 2.45) is 0 Å². The standard InChI is InChI=1S/C34H28N2O/c1-23-13-12-20-30-32(23)36-29-19-11-10-18-27(29)34(2,3)28-21-26(22-31(37-30)33(28)36)35(24-14-6-4-7-15-24)25-16-8-5-9-17-25/h4-22H,1-3H3. The summed E-state index contributed by atoms with van der Waals surface area (Å²) in [4.78, 5) is 4.73. The molecule has 0 N–H and O–H groups in total. The van der Waals surface area contributed by atoms with Gasteiger partial charge in [-0.25, -0.2) is 0 Å². The molecule has 0 amide bonds. The van der Waals surface area contributed by atoms with Gasteiger partial charge in [0.25, 0.3) is 0 Å². The first kappa shape index (κ1) is 21.8. The van der Waals surface area contributed by atoms with Crippen molar-refractivity contribution in [1.82, 2.24) is 0 Å². The van der Waals surface area contributed by atoms with Crippen LogP contribution in [-0.4, -0.2) is 0 Å². The lowest BCUT2D eigenvalue weighted by Gasteiger charge is -2.46. The van der Waals surface area contributed by atoms with E-state index in [-0.39, 0.29) is 5.41 Å². The van der Waals surface area contributed by atoms with Crippen LogP contribution < -0.4 is 14.5 Å². The molecule has 0 atom stereocenters. The van der Waals surface area contributed by atoms with Gasteiger partial charge in [0, 0.05) is 22.9 Å². The van der Waals surface area contributed by atoms with Crippen LogP contribution in [0.4, 0.5) is 34.1 Å². The van der Waals surface area contributed by atoms with Gasteiger partial charge in [0.1, 0.15) is 0 Å². The van der Waals surface area contributed by atoms with Gasteiger partial charge in [-0.05, 0) is 66.1 Å². The average molecular weight is 481 g/mol. The van der Waals surface area contributed by atoms with E-state index in [0.29, 0.717) is 0 Å². The maximum absolute atomic E-state index is 6.71. The zero-order valence-electron chi connectivity index (χ0n) is 21.3. The van der Waals surface area contributed by atoms with Gasteiger partial charge in [-0.3, -0.25) is 0 Å². The predicted octanol–water partition coefficient (Wildman–Crippen LogP) is 9.68. The van der Waals surface area contributed by atoms with Gasteiger partial charge in [0.05, 0.1) is 22.7 Å². The molecule has 0 spiro atoms. The topological polar surface area (TPSA) is 15.7 Å². The van der Waals surface area contributed by atoms with E-state index in [2.05, 4.69) is 146 Å². The zero-order chi connectivity index (χ0) is 25.1. The minimum Gasteiger partial charge on any atom is -0.453 e. The number of aryl methyl sites for hydroxylation is 1. The average Bonchev–Trinajstić information content (AvgIpc) is 2.92. The van der Waals surface area contributed by atoms with Crippen LogP contribution in [0.1, 0.15) is 30.5 Å². The van der Waals surface area contributed by atoms with Crippen molar-refractivity contribution in [3.63, 3.8) is 0 Å². The summed E-state index contributed by atoms with van der Waals surface area (Å²) in [6.45, 7) is 6.81. The molecule has 7 rings (SSSR count). The monoisotopic (exact) mass is 480 g/mol. The molecule has 3 heteroatoms. The predicted molar refractivity (Wildman–Crippen MR) is 153 cm³/mol. The highest BCUT2D eigenvalue weighted by Crippen LogP contribution is 2.61. The van der Waals surface area contributed by atoms with Crippen LogP contribution in [0, 0.1) is 6.92 Å². The fourth-order valence-electron chi connectivity index (χ4n) is 5.92. The molecule has 37 heavy (non-hydrogen) atoms. The third-order valence-corrected chi connectivity index (χ3v) is 7.71. The summed E-state index contributed by atoms with van der Waals surface area (Å²) in [5, 5.41) is 0. The van der Waals surface area contributed by atoms with Gasteiger partial charge in [-0.2, -0.15) is 0 Å². The molecular weight excluding hydrogens is 452 g/mol. The number of anilines is 6. The van der Waals surface area contributed by atoms with Crippen LogP contribution in [0.15, 0.2) is 115 Å². The molecule has 0 radical (unpaired) electrons. The lowest BCUT2D eigenvalue weighted by molar-refractivity contribution is 0.471. The van der Waals surface area contributed by atoms with Crippen molar-refractivity contribution in [2.45, 2.75) is 26.2 Å². The third kappa shape index (κ3) is 3.20. The third-order valence-electron chi connectivity index (χ3n) is 7.71. The first-order valence-corrected chi connectivity index (χ1v) is 12.8. The Labute approximate surface area is 218 Å². The molecule has 0 bridgehead atoms. The zero-order valence-corrected chi connectivity index (χ0v) is 21.3. The molecule has 2 aliphatic heterocycles. The Bertz CT molecular complexity index is 1600. The van der Waals surface area contributed by atoms with E-state index in [1.54, 1.807) is 0 Å². The molecule has 0 fully saturated rings. The van der Waals surface area contributed by atoms with Gasteiger partial charge in [-0.15, -0.1) is 0 Å². The highest BCUT2D eigenvalue weighted by Gasteiger charge is 2.42. The molecule has 180 valence electrons. The SMILES string of the molecule is Cc1cccc2c1N1c3ccccc3C(C)(C)c3cc(N(c4ccccc4)c4ccccc4)cc(c31)O2. The Balaban J connectivity index is 1.54. The second kappa shape index (κ2) is 8.01. The summed E-state index contributed by atoms with van der Waals surface area (Å²) in [6, 6.07) is 40.7. The summed E-state index contributed by atoms with van der Waals surface area (Å²) >= 11 is 0. The van der Waals surface area contributed by atoms with E-state index in [9.17, 15) is 0 Å². The number of ether oxygens (including phenoxy) is 1.